The Kier molecular flexibility index (Phi) is 4.30. The van der Waals surface area contributed by atoms with Gasteiger partial charge in [0.05, 0.1) is 6.20 Å². The lowest BCUT2D eigenvalue weighted by Crippen LogP contribution is -2.49. The van der Waals surface area contributed by atoms with Crippen LogP contribution >= 0.6 is 0 Å². The lowest BCUT2D eigenvalue weighted by molar-refractivity contribution is -0.132. The summed E-state index contributed by atoms with van der Waals surface area (Å²) in [5.74, 6) is 1.69. The predicted molar refractivity (Wildman–Crippen MR) is 116 cm³/mol. The maximum atomic E-state index is 12.4. The largest absolute Gasteiger partial charge is 0.367 e. The number of carbonyl (C=O) groups excluding carboxylic acids is 3. The molecule has 2 aliphatic carbocycles. The number of anilines is 2. The number of carbonyl (C=O) groups is 3. The summed E-state index contributed by atoms with van der Waals surface area (Å²) in [7, 11) is 0. The highest BCUT2D eigenvalue weighted by atomic mass is 16.2. The highest BCUT2D eigenvalue weighted by molar-refractivity contribution is 6.14. The summed E-state index contributed by atoms with van der Waals surface area (Å²) in [6.07, 6.45) is 7.50. The number of rotatable bonds is 5. The normalized spacial score (nSPS) is 22.4. The molecule has 4 amide bonds. The van der Waals surface area contributed by atoms with Crippen molar-refractivity contribution in [1.29, 1.82) is 0 Å². The molecule has 2 aliphatic heterocycles. The van der Waals surface area contributed by atoms with Crippen LogP contribution in [-0.4, -0.2) is 69.6 Å². The van der Waals surface area contributed by atoms with Crippen molar-refractivity contribution in [3.05, 3.63) is 23.5 Å². The van der Waals surface area contributed by atoms with E-state index in [4.69, 9.17) is 4.98 Å². The second-order valence-electron chi connectivity index (χ2n) is 8.81. The monoisotopic (exact) mass is 436 g/mol. The number of hydrogen-bond acceptors (Lipinski definition) is 7. The second kappa shape index (κ2) is 7.21. The first-order valence-electron chi connectivity index (χ1n) is 11.1. The number of piperazine rings is 1. The number of imide groups is 1. The Morgan fingerprint density at radius 1 is 1.09 bits per heavy atom. The average molecular weight is 436 g/mol. The Morgan fingerprint density at radius 3 is 2.53 bits per heavy atom. The lowest BCUT2D eigenvalue weighted by atomic mass is 10.2. The van der Waals surface area contributed by atoms with Crippen molar-refractivity contribution in [3.8, 4) is 0 Å². The van der Waals surface area contributed by atoms with E-state index in [1.165, 1.54) is 0 Å². The highest BCUT2D eigenvalue weighted by Gasteiger charge is 2.35. The molecule has 0 aromatic carbocycles. The summed E-state index contributed by atoms with van der Waals surface area (Å²) in [5, 5.41) is 12.7. The number of urea groups is 1. The van der Waals surface area contributed by atoms with Crippen molar-refractivity contribution < 1.29 is 14.4 Å². The van der Waals surface area contributed by atoms with Crippen molar-refractivity contribution >= 4 is 41.2 Å². The maximum absolute atomic E-state index is 12.4. The summed E-state index contributed by atoms with van der Waals surface area (Å²) < 4.78 is 1.73. The van der Waals surface area contributed by atoms with Gasteiger partial charge in [-0.1, -0.05) is 0 Å². The Labute approximate surface area is 183 Å². The van der Waals surface area contributed by atoms with Gasteiger partial charge < -0.3 is 20.4 Å². The molecule has 0 spiro atoms. The second-order valence-corrected chi connectivity index (χ2v) is 8.81. The molecule has 3 N–H and O–H groups in total. The zero-order chi connectivity index (χ0) is 21.8. The van der Waals surface area contributed by atoms with Gasteiger partial charge in [0.15, 0.2) is 5.65 Å². The number of aromatic nitrogens is 3. The fraction of sp³-hybridized carbons (Fsp3) is 0.476. The molecule has 2 saturated heterocycles. The van der Waals surface area contributed by atoms with E-state index < -0.39 is 11.9 Å². The zero-order valence-electron chi connectivity index (χ0n) is 17.5. The summed E-state index contributed by atoms with van der Waals surface area (Å²) in [4.78, 5) is 44.8. The van der Waals surface area contributed by atoms with Crippen LogP contribution < -0.4 is 20.9 Å². The summed E-state index contributed by atoms with van der Waals surface area (Å²) in [5.41, 5.74) is 1.41. The third-order valence-corrected chi connectivity index (χ3v) is 6.28. The molecule has 32 heavy (non-hydrogen) atoms. The van der Waals surface area contributed by atoms with E-state index in [-0.39, 0.29) is 17.5 Å². The fourth-order valence-electron chi connectivity index (χ4n) is 4.15. The fourth-order valence-corrected chi connectivity index (χ4v) is 4.15. The average Bonchev–Trinajstić information content (AvgIpc) is 3.71. The molecule has 0 unspecified atom stereocenters. The van der Waals surface area contributed by atoms with Gasteiger partial charge >= 0.3 is 6.03 Å². The molecular formula is C21H24N8O3. The predicted octanol–water partition coefficient (Wildman–Crippen LogP) is 0.542. The Bertz CT molecular complexity index is 1160. The first-order chi connectivity index (χ1) is 15.5. The molecule has 11 nitrogen and oxygen atoms in total. The van der Waals surface area contributed by atoms with Crippen LogP contribution in [0.5, 0.6) is 0 Å². The Morgan fingerprint density at radius 2 is 1.88 bits per heavy atom. The molecule has 0 radical (unpaired) electrons. The van der Waals surface area contributed by atoms with Crippen LogP contribution in [0, 0.1) is 5.92 Å². The van der Waals surface area contributed by atoms with Gasteiger partial charge in [-0.15, -0.1) is 0 Å². The van der Waals surface area contributed by atoms with Crippen molar-refractivity contribution in [2.75, 3.05) is 36.4 Å². The van der Waals surface area contributed by atoms with Gasteiger partial charge in [0.2, 0.25) is 5.91 Å². The Hall–Kier alpha value is -3.63. The molecule has 2 saturated carbocycles. The molecule has 2 aromatic heterocycles. The molecule has 6 rings (SSSR count). The first-order valence-corrected chi connectivity index (χ1v) is 11.1. The molecule has 0 bridgehead atoms. The smallest absolute Gasteiger partial charge is 0.326 e. The van der Waals surface area contributed by atoms with Crippen LogP contribution in [0.15, 0.2) is 18.0 Å². The summed E-state index contributed by atoms with van der Waals surface area (Å²) in [6.45, 7) is 2.81. The van der Waals surface area contributed by atoms with Gasteiger partial charge in [-0.05, 0) is 31.8 Å². The third-order valence-electron chi connectivity index (χ3n) is 6.28. The van der Waals surface area contributed by atoms with Crippen molar-refractivity contribution in [2.45, 2.75) is 31.7 Å². The molecule has 4 heterocycles. The van der Waals surface area contributed by atoms with Gasteiger partial charge in [-0.2, -0.15) is 9.61 Å². The van der Waals surface area contributed by atoms with E-state index in [0.29, 0.717) is 43.4 Å². The molecule has 4 fully saturated rings. The van der Waals surface area contributed by atoms with Gasteiger partial charge in [-0.25, -0.2) is 9.78 Å². The van der Waals surface area contributed by atoms with E-state index >= 15 is 0 Å². The van der Waals surface area contributed by atoms with E-state index in [0.717, 1.165) is 37.3 Å². The van der Waals surface area contributed by atoms with Crippen LogP contribution in [0.1, 0.15) is 31.2 Å². The molecular weight excluding hydrogens is 412 g/mol. The number of nitrogens with one attached hydrogen (secondary N) is 3. The quantitative estimate of drug-likeness (QED) is 0.462. The first kappa shape index (κ1) is 19.1. The number of fused-ring (bicyclic) bond motifs is 1. The van der Waals surface area contributed by atoms with Crippen molar-refractivity contribution in [3.63, 3.8) is 0 Å². The topological polar surface area (TPSA) is 124 Å². The van der Waals surface area contributed by atoms with E-state index in [9.17, 15) is 14.4 Å². The van der Waals surface area contributed by atoms with Crippen LogP contribution in [0.2, 0.25) is 0 Å². The van der Waals surface area contributed by atoms with Gasteiger partial charge in [0.1, 0.15) is 17.3 Å². The Balaban J connectivity index is 1.31. The lowest BCUT2D eigenvalue weighted by Gasteiger charge is -2.35. The van der Waals surface area contributed by atoms with Crippen molar-refractivity contribution in [1.82, 2.24) is 30.1 Å². The minimum atomic E-state index is -0.541. The standard InChI is InChI=1S/C21H24N8O3/c30-19-15(24-21(32)26-19)9-13-11-22-29-17(23-14-3-4-14)10-16(25-18(13)29)27-5-7-28(8-6-27)20(31)12-1-2-12/h9-12,14,23H,1-8H2,(H2,24,26,30,32)/b15-9-. The van der Waals surface area contributed by atoms with Gasteiger partial charge in [0, 0.05) is 49.8 Å². The van der Waals surface area contributed by atoms with E-state index in [1.54, 1.807) is 16.8 Å². The molecule has 166 valence electrons. The molecule has 2 aromatic rings. The highest BCUT2D eigenvalue weighted by Crippen LogP contribution is 2.32. The van der Waals surface area contributed by atoms with Gasteiger partial charge in [0.25, 0.3) is 5.91 Å². The van der Waals surface area contributed by atoms with Crippen LogP contribution in [0.25, 0.3) is 11.7 Å². The molecule has 4 aliphatic rings. The number of hydrogen-bond donors (Lipinski definition) is 3. The summed E-state index contributed by atoms with van der Waals surface area (Å²) >= 11 is 0. The SMILES string of the molecule is O=C1NC(=O)/C(=C/c2cnn3c(NC4CC4)cc(N4CCN(C(=O)C5CC5)CC4)nc23)N1. The minimum absolute atomic E-state index is 0.168. The zero-order valence-corrected chi connectivity index (χ0v) is 17.5. The van der Waals surface area contributed by atoms with Crippen LogP contribution in [0.4, 0.5) is 16.4 Å². The van der Waals surface area contributed by atoms with Crippen molar-refractivity contribution in [2.24, 2.45) is 5.92 Å². The third kappa shape index (κ3) is 3.53. The minimum Gasteiger partial charge on any atom is -0.367 e. The molecule has 0 atom stereocenters. The van der Waals surface area contributed by atoms with E-state index in [1.807, 2.05) is 11.0 Å². The van der Waals surface area contributed by atoms with Crippen LogP contribution in [-0.2, 0) is 9.59 Å². The maximum Gasteiger partial charge on any atom is 0.326 e. The van der Waals surface area contributed by atoms with E-state index in [2.05, 4.69) is 25.9 Å². The van der Waals surface area contributed by atoms with Gasteiger partial charge in [-0.3, -0.25) is 14.9 Å². The summed E-state index contributed by atoms with van der Waals surface area (Å²) in [6, 6.07) is 1.88. The molecule has 11 heteroatoms. The number of nitrogens with zero attached hydrogens (tertiary/aromatic N) is 5. The number of amides is 4. The van der Waals surface area contributed by atoms with Crippen LogP contribution in [0.3, 0.4) is 0 Å².